The van der Waals surface area contributed by atoms with Crippen LogP contribution < -0.4 is 5.23 Å². The van der Waals surface area contributed by atoms with E-state index in [1.54, 1.807) is 24.4 Å². The molecule has 1 aromatic carbocycles. The molecule has 2 aromatic rings. The second-order valence-electron chi connectivity index (χ2n) is 2.48. The van der Waals surface area contributed by atoms with Gasteiger partial charge in [-0.15, -0.1) is 0 Å². The van der Waals surface area contributed by atoms with Gasteiger partial charge in [0.1, 0.15) is 0 Å². The molecule has 1 heterocycles. The first-order valence-electron chi connectivity index (χ1n) is 3.44. The predicted octanol–water partition coefficient (Wildman–Crippen LogP) is -0.0337. The monoisotopic (exact) mass is 165 g/mol. The molecule has 12 heavy (non-hydrogen) atoms. The van der Waals surface area contributed by atoms with Crippen molar-refractivity contribution in [3.05, 3.63) is 29.6 Å². The number of nitrogens with one attached hydrogen (secondary N) is 2. The van der Waals surface area contributed by atoms with Crippen molar-refractivity contribution in [3.63, 3.8) is 0 Å². The largest absolute Gasteiger partial charge is 0.595 e. The van der Waals surface area contributed by atoms with Gasteiger partial charge in [-0.2, -0.15) is 10.3 Å². The van der Waals surface area contributed by atoms with Crippen LogP contribution >= 0.6 is 0 Å². The Balaban J connectivity index is 2.60. The Bertz CT molecular complexity index is 396. The Hall–Kier alpha value is -1.43. The van der Waals surface area contributed by atoms with Crippen molar-refractivity contribution in [1.29, 1.82) is 0 Å². The molecule has 5 heteroatoms. The molecule has 1 unspecified atom stereocenters. The number of hydrogen-bond acceptors (Lipinski definition) is 3. The van der Waals surface area contributed by atoms with E-state index in [2.05, 4.69) is 10.2 Å². The molecule has 0 aliphatic heterocycles. The number of quaternary nitrogens is 1. The predicted molar refractivity (Wildman–Crippen MR) is 41.9 cm³/mol. The number of nitrogens with zero attached hydrogens (tertiary/aromatic N) is 1. The number of fused-ring (bicyclic) bond motifs is 1. The van der Waals surface area contributed by atoms with E-state index in [-0.39, 0.29) is 5.69 Å². The van der Waals surface area contributed by atoms with Crippen LogP contribution in [0.25, 0.3) is 10.9 Å². The van der Waals surface area contributed by atoms with Crippen LogP contribution in [0.3, 0.4) is 0 Å². The van der Waals surface area contributed by atoms with Crippen LogP contribution in [-0.2, 0) is 0 Å². The highest BCUT2D eigenvalue weighted by Gasteiger charge is 2.01. The zero-order valence-electron chi connectivity index (χ0n) is 6.11. The molecule has 0 radical (unpaired) electrons. The highest BCUT2D eigenvalue weighted by molar-refractivity contribution is 5.79. The van der Waals surface area contributed by atoms with Gasteiger partial charge in [-0.05, 0) is 6.07 Å². The van der Waals surface area contributed by atoms with Crippen LogP contribution in [-0.4, -0.2) is 15.4 Å². The zero-order valence-corrected chi connectivity index (χ0v) is 6.11. The fraction of sp³-hybridized carbons (Fsp3) is 0. The molecule has 0 aliphatic rings. The molecular weight excluding hydrogens is 158 g/mol. The summed E-state index contributed by atoms with van der Waals surface area (Å²) in [7, 11) is 0. The van der Waals surface area contributed by atoms with E-state index < -0.39 is 5.23 Å². The second-order valence-corrected chi connectivity index (χ2v) is 2.48. The molecule has 0 amide bonds. The summed E-state index contributed by atoms with van der Waals surface area (Å²) in [5.41, 5.74) is 1.02. The normalized spacial score (nSPS) is 13.5. The molecule has 3 N–H and O–H groups in total. The minimum atomic E-state index is -0.925. The van der Waals surface area contributed by atoms with Crippen molar-refractivity contribution >= 4 is 16.6 Å². The molecule has 0 spiro atoms. The van der Waals surface area contributed by atoms with Crippen molar-refractivity contribution in [2.24, 2.45) is 0 Å². The van der Waals surface area contributed by atoms with E-state index in [0.717, 1.165) is 10.9 Å². The minimum Gasteiger partial charge on any atom is -0.595 e. The fourth-order valence-corrected chi connectivity index (χ4v) is 1.07. The van der Waals surface area contributed by atoms with E-state index in [4.69, 9.17) is 5.21 Å². The molecule has 2 rings (SSSR count). The van der Waals surface area contributed by atoms with Crippen molar-refractivity contribution in [2.45, 2.75) is 0 Å². The topological polar surface area (TPSA) is 76.4 Å². The van der Waals surface area contributed by atoms with Crippen molar-refractivity contribution < 1.29 is 10.4 Å². The van der Waals surface area contributed by atoms with Gasteiger partial charge in [0.15, 0.2) is 5.69 Å². The quantitative estimate of drug-likeness (QED) is 0.519. The summed E-state index contributed by atoms with van der Waals surface area (Å²) in [6.07, 6.45) is 1.65. The van der Waals surface area contributed by atoms with E-state index >= 15 is 0 Å². The molecule has 0 bridgehead atoms. The van der Waals surface area contributed by atoms with Gasteiger partial charge in [0, 0.05) is 17.5 Å². The third-order valence-corrected chi connectivity index (χ3v) is 1.69. The average Bonchev–Trinajstić information content (AvgIpc) is 2.49. The average molecular weight is 165 g/mol. The summed E-state index contributed by atoms with van der Waals surface area (Å²) in [6.45, 7) is 0. The number of aromatic nitrogens is 2. The van der Waals surface area contributed by atoms with Crippen LogP contribution in [0.5, 0.6) is 0 Å². The molecular formula is C7H7N3O2. The summed E-state index contributed by atoms with van der Waals surface area (Å²) >= 11 is 0. The second kappa shape index (κ2) is 2.56. The summed E-state index contributed by atoms with van der Waals surface area (Å²) in [5, 5.41) is 25.7. The van der Waals surface area contributed by atoms with Crippen LogP contribution in [0, 0.1) is 5.21 Å². The Morgan fingerprint density at radius 3 is 3.08 bits per heavy atom. The van der Waals surface area contributed by atoms with E-state index in [1.807, 2.05) is 0 Å². The van der Waals surface area contributed by atoms with Crippen molar-refractivity contribution in [1.82, 2.24) is 10.2 Å². The number of rotatable bonds is 1. The molecule has 62 valence electrons. The van der Waals surface area contributed by atoms with Gasteiger partial charge in [0.25, 0.3) is 0 Å². The third-order valence-electron chi connectivity index (χ3n) is 1.69. The van der Waals surface area contributed by atoms with Crippen LogP contribution in [0.4, 0.5) is 5.69 Å². The van der Waals surface area contributed by atoms with Gasteiger partial charge in [0.05, 0.1) is 11.7 Å². The smallest absolute Gasteiger partial charge is 0.165 e. The lowest BCUT2D eigenvalue weighted by Gasteiger charge is -2.10. The number of hydrogen-bond donors (Lipinski definition) is 3. The summed E-state index contributed by atoms with van der Waals surface area (Å²) in [6, 6.07) is 4.84. The molecule has 5 nitrogen and oxygen atoms in total. The lowest BCUT2D eigenvalue weighted by atomic mass is 10.2. The SMILES string of the molecule is [O-][NH+](O)c1ccc2cn[nH]c2c1. The zero-order chi connectivity index (χ0) is 8.55. The summed E-state index contributed by atoms with van der Waals surface area (Å²) < 4.78 is 0. The third kappa shape index (κ3) is 1.06. The van der Waals surface area contributed by atoms with Crippen LogP contribution in [0.2, 0.25) is 0 Å². The number of benzene rings is 1. The first-order chi connectivity index (χ1) is 5.77. The van der Waals surface area contributed by atoms with Crippen molar-refractivity contribution in [3.8, 4) is 0 Å². The molecule has 1 atom stereocenters. The Labute approximate surface area is 67.8 Å². The molecule has 0 fully saturated rings. The fourth-order valence-electron chi connectivity index (χ4n) is 1.07. The molecule has 0 aliphatic carbocycles. The summed E-state index contributed by atoms with van der Waals surface area (Å²) in [5.74, 6) is 0. The lowest BCUT2D eigenvalue weighted by molar-refractivity contribution is -0.991. The van der Waals surface area contributed by atoms with Gasteiger partial charge in [-0.3, -0.25) is 5.10 Å². The number of aromatic amines is 1. The Kier molecular flexibility index (Phi) is 1.54. The van der Waals surface area contributed by atoms with E-state index in [1.165, 1.54) is 0 Å². The van der Waals surface area contributed by atoms with Gasteiger partial charge in [-0.1, -0.05) is 0 Å². The maximum Gasteiger partial charge on any atom is 0.165 e. The first-order valence-corrected chi connectivity index (χ1v) is 3.44. The van der Waals surface area contributed by atoms with Crippen LogP contribution in [0.15, 0.2) is 24.4 Å². The van der Waals surface area contributed by atoms with Crippen molar-refractivity contribution in [2.75, 3.05) is 0 Å². The highest BCUT2D eigenvalue weighted by Crippen LogP contribution is 2.12. The first kappa shape index (κ1) is 7.23. The molecule has 1 aromatic heterocycles. The lowest BCUT2D eigenvalue weighted by Crippen LogP contribution is -2.99. The number of H-pyrrole nitrogens is 1. The van der Waals surface area contributed by atoms with Gasteiger partial charge < -0.3 is 5.21 Å². The molecule has 0 saturated carbocycles. The Morgan fingerprint density at radius 1 is 1.50 bits per heavy atom. The van der Waals surface area contributed by atoms with Crippen LogP contribution in [0.1, 0.15) is 0 Å². The molecule has 0 saturated heterocycles. The van der Waals surface area contributed by atoms with E-state index in [9.17, 15) is 5.21 Å². The van der Waals surface area contributed by atoms with Gasteiger partial charge >= 0.3 is 0 Å². The summed E-state index contributed by atoms with van der Waals surface area (Å²) in [4.78, 5) is 0. The maximum absolute atomic E-state index is 10.5. The van der Waals surface area contributed by atoms with E-state index in [0.29, 0.717) is 0 Å². The minimum absolute atomic E-state index is 0.270. The van der Waals surface area contributed by atoms with Gasteiger partial charge in [-0.25, -0.2) is 5.21 Å². The standard InChI is InChI=1S/C7H7N3O2/c11-10(12)6-2-1-5-4-8-9-7(5)3-6/h1-4,10-11H,(H,8,9). The highest BCUT2D eigenvalue weighted by atomic mass is 16.8. The Morgan fingerprint density at radius 2 is 2.33 bits per heavy atom. The van der Waals surface area contributed by atoms with Gasteiger partial charge in [0.2, 0.25) is 0 Å². The maximum atomic E-state index is 10.5.